The van der Waals surface area contributed by atoms with Crippen LogP contribution in [0.4, 0.5) is 0 Å². The molecule has 5 heteroatoms. The van der Waals surface area contributed by atoms with Gasteiger partial charge in [-0.2, -0.15) is 5.10 Å². The third kappa shape index (κ3) is 3.18. The highest BCUT2D eigenvalue weighted by Gasteiger charge is 2.19. The Morgan fingerprint density at radius 1 is 1.38 bits per heavy atom. The van der Waals surface area contributed by atoms with Gasteiger partial charge in [-0.05, 0) is 25.3 Å². The van der Waals surface area contributed by atoms with Crippen LogP contribution >= 0.6 is 0 Å². The first-order valence-electron chi connectivity index (χ1n) is 8.00. The Morgan fingerprint density at radius 2 is 2.19 bits per heavy atom. The van der Waals surface area contributed by atoms with Gasteiger partial charge in [-0.3, -0.25) is 4.68 Å². The molecule has 0 aliphatic heterocycles. The van der Waals surface area contributed by atoms with Crippen LogP contribution in [0.5, 0.6) is 0 Å². The van der Waals surface area contributed by atoms with Gasteiger partial charge in [-0.15, -0.1) is 0 Å². The number of aryl methyl sites for hydroxylation is 1. The predicted octanol–water partition coefficient (Wildman–Crippen LogP) is 2.88. The van der Waals surface area contributed by atoms with Gasteiger partial charge in [0.2, 0.25) is 0 Å². The molecular formula is C16H24N4O. The number of aliphatic hydroxyl groups is 1. The summed E-state index contributed by atoms with van der Waals surface area (Å²) in [6.45, 7) is 3.02. The molecule has 2 aromatic heterocycles. The Bertz CT molecular complexity index is 568. The van der Waals surface area contributed by atoms with Crippen LogP contribution in [0.2, 0.25) is 0 Å². The Hall–Kier alpha value is -1.62. The third-order valence-electron chi connectivity index (χ3n) is 4.32. The van der Waals surface area contributed by atoms with Gasteiger partial charge >= 0.3 is 0 Å². The van der Waals surface area contributed by atoms with E-state index in [1.807, 2.05) is 10.6 Å². The quantitative estimate of drug-likeness (QED) is 0.889. The molecular weight excluding hydrogens is 264 g/mol. The van der Waals surface area contributed by atoms with Crippen LogP contribution in [0.1, 0.15) is 62.6 Å². The first kappa shape index (κ1) is 14.3. The molecule has 0 spiro atoms. The summed E-state index contributed by atoms with van der Waals surface area (Å²) in [4.78, 5) is 4.15. The van der Waals surface area contributed by atoms with Gasteiger partial charge in [0.05, 0.1) is 30.0 Å². The molecule has 2 aromatic rings. The van der Waals surface area contributed by atoms with E-state index in [0.717, 1.165) is 24.4 Å². The molecule has 0 saturated heterocycles. The molecule has 1 fully saturated rings. The zero-order valence-electron chi connectivity index (χ0n) is 12.6. The maximum atomic E-state index is 10.4. The van der Waals surface area contributed by atoms with Crippen molar-refractivity contribution in [2.24, 2.45) is 0 Å². The fourth-order valence-corrected chi connectivity index (χ4v) is 3.20. The summed E-state index contributed by atoms with van der Waals surface area (Å²) in [5.74, 6) is 0. The molecule has 114 valence electrons. The highest BCUT2D eigenvalue weighted by atomic mass is 16.3. The summed E-state index contributed by atoms with van der Waals surface area (Å²) in [6, 6.07) is 2.59. The first-order valence-corrected chi connectivity index (χ1v) is 8.00. The lowest BCUT2D eigenvalue weighted by atomic mass is 10.1. The smallest absolute Gasteiger partial charge is 0.101 e. The lowest BCUT2D eigenvalue weighted by Crippen LogP contribution is -2.10. The molecule has 1 aliphatic carbocycles. The van der Waals surface area contributed by atoms with E-state index in [1.54, 1.807) is 12.5 Å². The Balaban J connectivity index is 1.66. The van der Waals surface area contributed by atoms with Crippen molar-refractivity contribution in [2.75, 3.05) is 0 Å². The maximum absolute atomic E-state index is 10.4. The molecule has 1 aliphatic rings. The molecule has 1 saturated carbocycles. The Kier molecular flexibility index (Phi) is 4.39. The van der Waals surface area contributed by atoms with Crippen LogP contribution in [0.25, 0.3) is 0 Å². The summed E-state index contributed by atoms with van der Waals surface area (Å²) >= 11 is 0. The number of hydrogen-bond donors (Lipinski definition) is 1. The van der Waals surface area contributed by atoms with Crippen molar-refractivity contribution in [3.8, 4) is 0 Å². The van der Waals surface area contributed by atoms with Gasteiger partial charge in [0.25, 0.3) is 0 Å². The molecule has 5 nitrogen and oxygen atoms in total. The molecule has 1 unspecified atom stereocenters. The minimum Gasteiger partial charge on any atom is -0.386 e. The fraction of sp³-hybridized carbons (Fsp3) is 0.625. The normalized spacial score (nSPS) is 17.4. The van der Waals surface area contributed by atoms with E-state index in [4.69, 9.17) is 0 Å². The summed E-state index contributed by atoms with van der Waals surface area (Å²) < 4.78 is 4.11. The third-order valence-corrected chi connectivity index (χ3v) is 4.32. The molecule has 3 rings (SSSR count). The largest absolute Gasteiger partial charge is 0.386 e. The minimum absolute atomic E-state index is 0.536. The predicted molar refractivity (Wildman–Crippen MR) is 80.9 cm³/mol. The highest BCUT2D eigenvalue weighted by Crippen LogP contribution is 2.29. The summed E-state index contributed by atoms with van der Waals surface area (Å²) in [5, 5.41) is 15.1. The van der Waals surface area contributed by atoms with E-state index in [-0.39, 0.29) is 0 Å². The standard InChI is InChI=1S/C16H24N4O/c1-2-8-19-12-17-11-15(19)16(21)10-13-7-9-20(18-13)14-5-3-4-6-14/h7,9,11-12,14,16,21H,2-6,8,10H2,1H3. The average molecular weight is 288 g/mol. The molecule has 2 heterocycles. The van der Waals surface area contributed by atoms with Gasteiger partial charge in [0.15, 0.2) is 0 Å². The van der Waals surface area contributed by atoms with E-state index in [1.165, 1.54) is 25.7 Å². The zero-order chi connectivity index (χ0) is 14.7. The van der Waals surface area contributed by atoms with Crippen LogP contribution < -0.4 is 0 Å². The molecule has 0 radical (unpaired) electrons. The SMILES string of the molecule is CCCn1cncc1C(O)Cc1ccn(C2CCCC2)n1. The number of aromatic nitrogens is 4. The maximum Gasteiger partial charge on any atom is 0.101 e. The molecule has 1 N–H and O–H groups in total. The van der Waals surface area contributed by atoms with Gasteiger partial charge in [0.1, 0.15) is 6.10 Å². The van der Waals surface area contributed by atoms with Crippen molar-refractivity contribution < 1.29 is 5.11 Å². The van der Waals surface area contributed by atoms with Crippen LogP contribution in [-0.4, -0.2) is 24.4 Å². The van der Waals surface area contributed by atoms with Crippen LogP contribution in [0, 0.1) is 0 Å². The molecule has 0 bridgehead atoms. The van der Waals surface area contributed by atoms with Crippen LogP contribution in [0.3, 0.4) is 0 Å². The summed E-state index contributed by atoms with van der Waals surface area (Å²) in [7, 11) is 0. The van der Waals surface area contributed by atoms with Crippen molar-refractivity contribution in [2.45, 2.75) is 64.1 Å². The second-order valence-corrected chi connectivity index (χ2v) is 5.96. The summed E-state index contributed by atoms with van der Waals surface area (Å²) in [6.07, 6.45) is 11.7. The second kappa shape index (κ2) is 6.43. The number of aliphatic hydroxyl groups excluding tert-OH is 1. The molecule has 0 amide bonds. The number of imidazole rings is 1. The minimum atomic E-state index is -0.536. The molecule has 1 atom stereocenters. The van der Waals surface area contributed by atoms with E-state index in [0.29, 0.717) is 12.5 Å². The van der Waals surface area contributed by atoms with Gasteiger partial charge in [0, 0.05) is 19.2 Å². The van der Waals surface area contributed by atoms with Crippen LogP contribution in [0.15, 0.2) is 24.8 Å². The Morgan fingerprint density at radius 3 is 2.95 bits per heavy atom. The van der Waals surface area contributed by atoms with Crippen molar-refractivity contribution in [3.63, 3.8) is 0 Å². The zero-order valence-corrected chi connectivity index (χ0v) is 12.6. The highest BCUT2D eigenvalue weighted by molar-refractivity contribution is 5.09. The van der Waals surface area contributed by atoms with E-state index in [9.17, 15) is 5.11 Å². The fourth-order valence-electron chi connectivity index (χ4n) is 3.20. The van der Waals surface area contributed by atoms with Gasteiger partial charge in [-0.1, -0.05) is 19.8 Å². The lowest BCUT2D eigenvalue weighted by Gasteiger charge is -2.12. The topological polar surface area (TPSA) is 55.9 Å². The molecule has 21 heavy (non-hydrogen) atoms. The van der Waals surface area contributed by atoms with Gasteiger partial charge < -0.3 is 9.67 Å². The summed E-state index contributed by atoms with van der Waals surface area (Å²) in [5.41, 5.74) is 1.84. The lowest BCUT2D eigenvalue weighted by molar-refractivity contribution is 0.167. The van der Waals surface area contributed by atoms with Crippen LogP contribution in [-0.2, 0) is 13.0 Å². The molecule has 0 aromatic carbocycles. The van der Waals surface area contributed by atoms with Gasteiger partial charge in [-0.25, -0.2) is 4.98 Å². The number of nitrogens with zero attached hydrogens (tertiary/aromatic N) is 4. The number of rotatable bonds is 6. The number of hydrogen-bond acceptors (Lipinski definition) is 3. The average Bonchev–Trinajstić information content (AvgIpc) is 3.20. The van der Waals surface area contributed by atoms with E-state index < -0.39 is 6.10 Å². The first-order chi connectivity index (χ1) is 10.3. The monoisotopic (exact) mass is 288 g/mol. The van der Waals surface area contributed by atoms with Crippen molar-refractivity contribution >= 4 is 0 Å². The van der Waals surface area contributed by atoms with Crippen molar-refractivity contribution in [3.05, 3.63) is 36.2 Å². The Labute approximate surface area is 125 Å². The van der Waals surface area contributed by atoms with E-state index in [2.05, 4.69) is 27.9 Å². The van der Waals surface area contributed by atoms with E-state index >= 15 is 0 Å². The van der Waals surface area contributed by atoms with Crippen molar-refractivity contribution in [1.82, 2.24) is 19.3 Å². The van der Waals surface area contributed by atoms with Crippen molar-refractivity contribution in [1.29, 1.82) is 0 Å². The second-order valence-electron chi connectivity index (χ2n) is 5.96.